The highest BCUT2D eigenvalue weighted by Crippen LogP contribution is 2.26. The SMILES string of the molecule is O=C1CC(CCC(F)(F)F)C(=O)N1. The van der Waals surface area contributed by atoms with Gasteiger partial charge >= 0.3 is 6.18 Å². The van der Waals surface area contributed by atoms with Crippen molar-refractivity contribution in [2.24, 2.45) is 5.92 Å². The maximum atomic E-state index is 11.7. The minimum atomic E-state index is -4.26. The Morgan fingerprint density at radius 2 is 2.00 bits per heavy atom. The molecule has 2 amide bonds. The molecule has 13 heavy (non-hydrogen) atoms. The van der Waals surface area contributed by atoms with Gasteiger partial charge in [0.2, 0.25) is 11.8 Å². The van der Waals surface area contributed by atoms with Gasteiger partial charge in [0.25, 0.3) is 0 Å². The number of alkyl halides is 3. The molecule has 0 aliphatic carbocycles. The standard InChI is InChI=1S/C7H8F3NO2/c8-7(9,10)2-1-4-3-5(12)11-6(4)13/h4H,1-3H2,(H,11,12,13). The van der Waals surface area contributed by atoms with E-state index >= 15 is 0 Å². The lowest BCUT2D eigenvalue weighted by molar-refractivity contribution is -0.140. The van der Waals surface area contributed by atoms with Crippen LogP contribution >= 0.6 is 0 Å². The Hall–Kier alpha value is -1.07. The van der Waals surface area contributed by atoms with Gasteiger partial charge in [-0.05, 0) is 6.42 Å². The number of carbonyl (C=O) groups is 2. The minimum absolute atomic E-state index is 0.116. The summed E-state index contributed by atoms with van der Waals surface area (Å²) in [6.45, 7) is 0. The van der Waals surface area contributed by atoms with Gasteiger partial charge in [-0.25, -0.2) is 0 Å². The molecule has 1 unspecified atom stereocenters. The number of amides is 2. The fourth-order valence-electron chi connectivity index (χ4n) is 1.18. The van der Waals surface area contributed by atoms with Crippen LogP contribution in [-0.2, 0) is 9.59 Å². The van der Waals surface area contributed by atoms with Gasteiger partial charge in [-0.1, -0.05) is 0 Å². The molecule has 0 spiro atoms. The number of rotatable bonds is 2. The molecule has 1 aliphatic rings. The molecule has 1 atom stereocenters. The maximum Gasteiger partial charge on any atom is 0.389 e. The second-order valence-corrected chi connectivity index (χ2v) is 2.97. The zero-order valence-electron chi connectivity index (χ0n) is 6.65. The first kappa shape index (κ1) is 10.0. The molecule has 74 valence electrons. The molecule has 0 radical (unpaired) electrons. The predicted molar refractivity (Wildman–Crippen MR) is 36.5 cm³/mol. The van der Waals surface area contributed by atoms with Crippen LogP contribution in [0.4, 0.5) is 13.2 Å². The fraction of sp³-hybridized carbons (Fsp3) is 0.714. The van der Waals surface area contributed by atoms with E-state index in [1.807, 2.05) is 5.32 Å². The quantitative estimate of drug-likeness (QED) is 0.668. The number of nitrogens with one attached hydrogen (secondary N) is 1. The Balaban J connectivity index is 2.38. The van der Waals surface area contributed by atoms with E-state index in [0.717, 1.165) is 0 Å². The van der Waals surface area contributed by atoms with Crippen LogP contribution < -0.4 is 5.32 Å². The van der Waals surface area contributed by atoms with Crippen LogP contribution in [0.3, 0.4) is 0 Å². The van der Waals surface area contributed by atoms with Crippen molar-refractivity contribution in [2.45, 2.75) is 25.4 Å². The molecule has 0 saturated carbocycles. The Morgan fingerprint density at radius 1 is 1.38 bits per heavy atom. The Bertz CT molecular complexity index is 236. The zero-order chi connectivity index (χ0) is 10.1. The first-order valence-electron chi connectivity index (χ1n) is 3.79. The van der Waals surface area contributed by atoms with E-state index < -0.39 is 30.3 Å². The van der Waals surface area contributed by atoms with Gasteiger partial charge in [0.05, 0.1) is 0 Å². The van der Waals surface area contributed by atoms with E-state index in [4.69, 9.17) is 0 Å². The highest BCUT2D eigenvalue weighted by molar-refractivity contribution is 6.03. The first-order chi connectivity index (χ1) is 5.88. The van der Waals surface area contributed by atoms with Crippen LogP contribution in [0.2, 0.25) is 0 Å². The van der Waals surface area contributed by atoms with Crippen molar-refractivity contribution in [3.05, 3.63) is 0 Å². The number of imide groups is 1. The molecule has 1 rings (SSSR count). The monoisotopic (exact) mass is 195 g/mol. The van der Waals surface area contributed by atoms with Crippen molar-refractivity contribution in [1.29, 1.82) is 0 Å². The number of carbonyl (C=O) groups excluding carboxylic acids is 2. The molecule has 1 fully saturated rings. The van der Waals surface area contributed by atoms with Gasteiger partial charge in [-0.2, -0.15) is 13.2 Å². The fourth-order valence-corrected chi connectivity index (χ4v) is 1.18. The molecule has 1 saturated heterocycles. The predicted octanol–water partition coefficient (Wildman–Crippen LogP) is 0.992. The average Bonchev–Trinajstić information content (AvgIpc) is 2.24. The maximum absolute atomic E-state index is 11.7. The molecular weight excluding hydrogens is 187 g/mol. The van der Waals surface area contributed by atoms with Gasteiger partial charge in [0.1, 0.15) is 0 Å². The average molecular weight is 195 g/mol. The van der Waals surface area contributed by atoms with Crippen LogP contribution in [0.5, 0.6) is 0 Å². The van der Waals surface area contributed by atoms with E-state index in [1.54, 1.807) is 0 Å². The van der Waals surface area contributed by atoms with Crippen molar-refractivity contribution >= 4 is 11.8 Å². The summed E-state index contributed by atoms with van der Waals surface area (Å²) in [5, 5.41) is 1.96. The molecule has 6 heteroatoms. The highest BCUT2D eigenvalue weighted by Gasteiger charge is 2.35. The summed E-state index contributed by atoms with van der Waals surface area (Å²) in [6.07, 6.45) is -5.69. The largest absolute Gasteiger partial charge is 0.389 e. The Kier molecular flexibility index (Phi) is 2.58. The molecular formula is C7H8F3NO2. The van der Waals surface area contributed by atoms with Crippen molar-refractivity contribution in [1.82, 2.24) is 5.32 Å². The third kappa shape index (κ3) is 3.04. The van der Waals surface area contributed by atoms with E-state index in [1.165, 1.54) is 0 Å². The molecule has 3 nitrogen and oxygen atoms in total. The molecule has 1 N–H and O–H groups in total. The smallest absolute Gasteiger partial charge is 0.296 e. The summed E-state index contributed by atoms with van der Waals surface area (Å²) in [7, 11) is 0. The number of hydrogen-bond donors (Lipinski definition) is 1. The summed E-state index contributed by atoms with van der Waals surface area (Å²) in [6, 6.07) is 0. The van der Waals surface area contributed by atoms with Gasteiger partial charge < -0.3 is 0 Å². The zero-order valence-corrected chi connectivity index (χ0v) is 6.65. The van der Waals surface area contributed by atoms with Crippen molar-refractivity contribution < 1.29 is 22.8 Å². The van der Waals surface area contributed by atoms with Crippen LogP contribution in [0.15, 0.2) is 0 Å². The lowest BCUT2D eigenvalue weighted by atomic mass is 10.0. The van der Waals surface area contributed by atoms with Crippen LogP contribution in [0.25, 0.3) is 0 Å². The molecule has 0 bridgehead atoms. The highest BCUT2D eigenvalue weighted by atomic mass is 19.4. The van der Waals surface area contributed by atoms with Crippen LogP contribution in [0, 0.1) is 5.92 Å². The topological polar surface area (TPSA) is 46.2 Å². The minimum Gasteiger partial charge on any atom is -0.296 e. The summed E-state index contributed by atoms with van der Waals surface area (Å²) >= 11 is 0. The second-order valence-electron chi connectivity index (χ2n) is 2.97. The summed E-state index contributed by atoms with van der Waals surface area (Å²) in [4.78, 5) is 21.4. The number of halogens is 3. The van der Waals surface area contributed by atoms with Crippen molar-refractivity contribution in [2.75, 3.05) is 0 Å². The van der Waals surface area contributed by atoms with E-state index in [-0.39, 0.29) is 12.8 Å². The van der Waals surface area contributed by atoms with Gasteiger partial charge in [0, 0.05) is 18.8 Å². The third-order valence-electron chi connectivity index (χ3n) is 1.84. The third-order valence-corrected chi connectivity index (χ3v) is 1.84. The summed E-state index contributed by atoms with van der Waals surface area (Å²) in [5.41, 5.74) is 0. The van der Waals surface area contributed by atoms with Crippen LogP contribution in [-0.4, -0.2) is 18.0 Å². The van der Waals surface area contributed by atoms with Crippen molar-refractivity contribution in [3.63, 3.8) is 0 Å². The van der Waals surface area contributed by atoms with Gasteiger partial charge in [-0.15, -0.1) is 0 Å². The molecule has 1 heterocycles. The molecule has 0 aromatic rings. The lowest BCUT2D eigenvalue weighted by Gasteiger charge is -2.08. The number of hydrogen-bond acceptors (Lipinski definition) is 2. The normalized spacial score (nSPS) is 23.5. The molecule has 0 aromatic carbocycles. The van der Waals surface area contributed by atoms with Crippen LogP contribution in [0.1, 0.15) is 19.3 Å². The Labute approximate surface area is 72.3 Å². The Morgan fingerprint density at radius 3 is 2.38 bits per heavy atom. The van der Waals surface area contributed by atoms with Gasteiger partial charge in [0.15, 0.2) is 0 Å². The molecule has 0 aromatic heterocycles. The lowest BCUT2D eigenvalue weighted by Crippen LogP contribution is -2.22. The first-order valence-corrected chi connectivity index (χ1v) is 3.79. The van der Waals surface area contributed by atoms with E-state index in [0.29, 0.717) is 0 Å². The van der Waals surface area contributed by atoms with E-state index in [2.05, 4.69) is 0 Å². The summed E-state index contributed by atoms with van der Waals surface area (Å²) < 4.78 is 35.1. The second kappa shape index (κ2) is 3.35. The molecule has 1 aliphatic heterocycles. The van der Waals surface area contributed by atoms with E-state index in [9.17, 15) is 22.8 Å². The van der Waals surface area contributed by atoms with Crippen molar-refractivity contribution in [3.8, 4) is 0 Å². The summed E-state index contributed by atoms with van der Waals surface area (Å²) in [5.74, 6) is -1.87. The van der Waals surface area contributed by atoms with Gasteiger partial charge in [-0.3, -0.25) is 14.9 Å².